The van der Waals surface area contributed by atoms with E-state index < -0.39 is 12.3 Å². The SMILES string of the molecule is CNCC(O)c1ccc(O)c2[nH]c(OC(=O)OC)cc12. The zero-order valence-electron chi connectivity index (χ0n) is 11.1. The molecule has 0 fully saturated rings. The number of fused-ring (bicyclic) bond motifs is 1. The van der Waals surface area contributed by atoms with Crippen molar-refractivity contribution in [1.82, 2.24) is 10.3 Å². The van der Waals surface area contributed by atoms with E-state index in [0.717, 1.165) is 0 Å². The highest BCUT2D eigenvalue weighted by Crippen LogP contribution is 2.33. The fourth-order valence-corrected chi connectivity index (χ4v) is 1.98. The second kappa shape index (κ2) is 5.81. The van der Waals surface area contributed by atoms with Crippen LogP contribution < -0.4 is 10.1 Å². The van der Waals surface area contributed by atoms with Crippen molar-refractivity contribution < 1.29 is 24.5 Å². The standard InChI is InChI=1S/C13H16N2O5/c1-14-6-10(17)7-3-4-9(16)12-8(7)5-11(15-12)20-13(18)19-2/h3-5,10,14-17H,6H2,1-2H3. The predicted octanol–water partition coefficient (Wildman–Crippen LogP) is 1.27. The number of carbonyl (C=O) groups is 1. The zero-order valence-corrected chi connectivity index (χ0v) is 11.1. The fraction of sp³-hybridized carbons (Fsp3) is 0.308. The topological polar surface area (TPSA) is 104 Å². The molecule has 2 rings (SSSR count). The Morgan fingerprint density at radius 1 is 1.50 bits per heavy atom. The number of aromatic hydroxyl groups is 1. The molecule has 0 saturated heterocycles. The second-order valence-electron chi connectivity index (χ2n) is 4.23. The van der Waals surface area contributed by atoms with Crippen molar-refractivity contribution >= 4 is 17.1 Å². The van der Waals surface area contributed by atoms with Gasteiger partial charge in [0.2, 0.25) is 5.88 Å². The molecule has 1 heterocycles. The molecule has 7 nitrogen and oxygen atoms in total. The third-order valence-electron chi connectivity index (χ3n) is 2.90. The van der Waals surface area contributed by atoms with Crippen molar-refractivity contribution in [3.05, 3.63) is 23.8 Å². The number of hydrogen-bond acceptors (Lipinski definition) is 6. The van der Waals surface area contributed by atoms with Crippen LogP contribution in [0.25, 0.3) is 10.9 Å². The number of ether oxygens (including phenoxy) is 2. The summed E-state index contributed by atoms with van der Waals surface area (Å²) in [5, 5.41) is 23.3. The van der Waals surface area contributed by atoms with Crippen molar-refractivity contribution in [1.29, 1.82) is 0 Å². The van der Waals surface area contributed by atoms with Gasteiger partial charge in [0, 0.05) is 18.0 Å². The van der Waals surface area contributed by atoms with E-state index in [4.69, 9.17) is 4.74 Å². The summed E-state index contributed by atoms with van der Waals surface area (Å²) < 4.78 is 9.27. The number of aliphatic hydroxyl groups excluding tert-OH is 1. The molecule has 2 aromatic rings. The second-order valence-corrected chi connectivity index (χ2v) is 4.23. The van der Waals surface area contributed by atoms with Gasteiger partial charge in [0.15, 0.2) is 0 Å². The molecule has 0 aliphatic heterocycles. The molecule has 1 unspecified atom stereocenters. The summed E-state index contributed by atoms with van der Waals surface area (Å²) >= 11 is 0. The highest BCUT2D eigenvalue weighted by atomic mass is 16.7. The van der Waals surface area contributed by atoms with Crippen LogP contribution in [-0.4, -0.2) is 42.1 Å². The van der Waals surface area contributed by atoms with E-state index in [9.17, 15) is 15.0 Å². The molecule has 0 amide bonds. The molecule has 20 heavy (non-hydrogen) atoms. The van der Waals surface area contributed by atoms with Crippen LogP contribution >= 0.6 is 0 Å². The summed E-state index contributed by atoms with van der Waals surface area (Å²) in [5.74, 6) is 0.131. The average Bonchev–Trinajstić information content (AvgIpc) is 2.83. The largest absolute Gasteiger partial charge is 0.514 e. The van der Waals surface area contributed by atoms with Crippen LogP contribution in [0.4, 0.5) is 4.79 Å². The number of likely N-dealkylation sites (N-methyl/N-ethyl adjacent to an activating group) is 1. The number of aliphatic hydroxyl groups is 1. The minimum atomic E-state index is -0.867. The third-order valence-corrected chi connectivity index (χ3v) is 2.90. The highest BCUT2D eigenvalue weighted by molar-refractivity contribution is 5.90. The Bertz CT molecular complexity index is 622. The number of phenolic OH excluding ortho intramolecular Hbond substituents is 1. The van der Waals surface area contributed by atoms with Gasteiger partial charge in [-0.15, -0.1) is 0 Å². The van der Waals surface area contributed by atoms with E-state index in [1.54, 1.807) is 13.1 Å². The summed E-state index contributed by atoms with van der Waals surface area (Å²) in [7, 11) is 2.92. The lowest BCUT2D eigenvalue weighted by atomic mass is 10.0. The third kappa shape index (κ3) is 2.68. The average molecular weight is 280 g/mol. The lowest BCUT2D eigenvalue weighted by molar-refractivity contribution is 0.120. The molecular formula is C13H16N2O5. The maximum atomic E-state index is 11.1. The van der Waals surface area contributed by atoms with Crippen molar-refractivity contribution in [2.45, 2.75) is 6.10 Å². The number of aromatic amines is 1. The lowest BCUT2D eigenvalue weighted by Crippen LogP contribution is -2.16. The van der Waals surface area contributed by atoms with Crippen LogP contribution in [0.3, 0.4) is 0 Å². The molecule has 0 aliphatic rings. The minimum Gasteiger partial charge on any atom is -0.506 e. The normalized spacial score (nSPS) is 12.3. The molecule has 0 aliphatic carbocycles. The minimum absolute atomic E-state index is 0.000114. The summed E-state index contributed by atoms with van der Waals surface area (Å²) in [4.78, 5) is 13.8. The van der Waals surface area contributed by atoms with Crippen molar-refractivity contribution in [2.75, 3.05) is 20.7 Å². The van der Waals surface area contributed by atoms with Crippen molar-refractivity contribution in [3.63, 3.8) is 0 Å². The van der Waals surface area contributed by atoms with Crippen LogP contribution in [0.5, 0.6) is 11.6 Å². The molecule has 7 heteroatoms. The van der Waals surface area contributed by atoms with E-state index in [2.05, 4.69) is 15.0 Å². The molecule has 0 saturated carbocycles. The van der Waals surface area contributed by atoms with E-state index in [0.29, 0.717) is 23.0 Å². The summed E-state index contributed by atoms with van der Waals surface area (Å²) in [6.45, 7) is 0.359. The number of nitrogens with one attached hydrogen (secondary N) is 2. The van der Waals surface area contributed by atoms with E-state index in [1.807, 2.05) is 0 Å². The monoisotopic (exact) mass is 280 g/mol. The fourth-order valence-electron chi connectivity index (χ4n) is 1.98. The van der Waals surface area contributed by atoms with Gasteiger partial charge in [0.25, 0.3) is 0 Å². The quantitative estimate of drug-likeness (QED) is 0.629. The molecule has 1 aromatic heterocycles. The molecule has 108 valence electrons. The van der Waals surface area contributed by atoms with Gasteiger partial charge in [-0.2, -0.15) is 0 Å². The van der Waals surface area contributed by atoms with Gasteiger partial charge in [0.1, 0.15) is 5.75 Å². The maximum absolute atomic E-state index is 11.1. The first kappa shape index (κ1) is 14.2. The van der Waals surface area contributed by atoms with E-state index in [-0.39, 0.29) is 11.6 Å². The molecular weight excluding hydrogens is 264 g/mol. The molecule has 0 spiro atoms. The Kier molecular flexibility index (Phi) is 4.11. The van der Waals surface area contributed by atoms with Crippen LogP contribution in [0.1, 0.15) is 11.7 Å². The molecule has 1 aromatic carbocycles. The number of methoxy groups -OCH3 is 1. The van der Waals surface area contributed by atoms with Gasteiger partial charge in [0.05, 0.1) is 18.7 Å². The van der Waals surface area contributed by atoms with Gasteiger partial charge < -0.3 is 30.0 Å². The maximum Gasteiger partial charge on any atom is 0.514 e. The van der Waals surface area contributed by atoms with Crippen LogP contribution in [-0.2, 0) is 4.74 Å². The van der Waals surface area contributed by atoms with E-state index in [1.165, 1.54) is 19.2 Å². The number of benzene rings is 1. The summed E-state index contributed by atoms with van der Waals surface area (Å²) in [6, 6.07) is 4.62. The van der Waals surface area contributed by atoms with Gasteiger partial charge in [-0.25, -0.2) is 4.79 Å². The first-order valence-electron chi connectivity index (χ1n) is 6.00. The van der Waals surface area contributed by atoms with Crippen molar-refractivity contribution in [3.8, 4) is 11.6 Å². The summed E-state index contributed by atoms with van der Waals surface area (Å²) in [5.41, 5.74) is 1.000. The molecule has 0 bridgehead atoms. The first-order chi connectivity index (χ1) is 9.56. The Labute approximate surface area is 115 Å². The predicted molar refractivity (Wildman–Crippen MR) is 71.9 cm³/mol. The van der Waals surface area contributed by atoms with Gasteiger partial charge >= 0.3 is 6.16 Å². The Hall–Kier alpha value is -2.25. The Balaban J connectivity index is 2.45. The van der Waals surface area contributed by atoms with Crippen LogP contribution in [0.15, 0.2) is 18.2 Å². The van der Waals surface area contributed by atoms with Gasteiger partial charge in [-0.1, -0.05) is 6.07 Å². The number of carbonyl (C=O) groups excluding carboxylic acids is 1. The Morgan fingerprint density at radius 2 is 2.25 bits per heavy atom. The van der Waals surface area contributed by atoms with Crippen LogP contribution in [0.2, 0.25) is 0 Å². The number of phenols is 1. The van der Waals surface area contributed by atoms with Gasteiger partial charge in [-0.3, -0.25) is 0 Å². The number of rotatable bonds is 4. The smallest absolute Gasteiger partial charge is 0.506 e. The number of aromatic nitrogens is 1. The summed E-state index contributed by atoms with van der Waals surface area (Å²) in [6.07, 6.45) is -1.61. The van der Waals surface area contributed by atoms with E-state index >= 15 is 0 Å². The molecule has 1 atom stereocenters. The zero-order chi connectivity index (χ0) is 14.7. The molecule has 4 N–H and O–H groups in total. The number of hydrogen-bond donors (Lipinski definition) is 4. The Morgan fingerprint density at radius 3 is 2.90 bits per heavy atom. The number of H-pyrrole nitrogens is 1. The lowest BCUT2D eigenvalue weighted by Gasteiger charge is -2.11. The van der Waals surface area contributed by atoms with Crippen molar-refractivity contribution in [2.24, 2.45) is 0 Å². The van der Waals surface area contributed by atoms with Crippen LogP contribution in [0, 0.1) is 0 Å². The van der Waals surface area contributed by atoms with Gasteiger partial charge in [-0.05, 0) is 18.7 Å². The first-order valence-corrected chi connectivity index (χ1v) is 6.00. The molecule has 0 radical (unpaired) electrons. The highest BCUT2D eigenvalue weighted by Gasteiger charge is 2.16.